The fourth-order valence-corrected chi connectivity index (χ4v) is 9.24. The van der Waals surface area contributed by atoms with Crippen LogP contribution in [-0.4, -0.2) is 36.9 Å². The molecule has 3 aromatic rings. The van der Waals surface area contributed by atoms with E-state index in [1.807, 2.05) is 38.1 Å². The number of nitrogens with zero attached hydrogens (tertiary/aromatic N) is 2. The third-order valence-corrected chi connectivity index (χ3v) is 10.9. The van der Waals surface area contributed by atoms with Gasteiger partial charge in [-0.2, -0.15) is 4.98 Å². The molecule has 1 atom stereocenters. The summed E-state index contributed by atoms with van der Waals surface area (Å²) in [5.41, 5.74) is 3.79. The standard InChI is InChI=1S/C31H34N4O4S/c1-18-5-3-6-19(2)28(18)25-13-27-34-30(33-25)35-40(37,38)24-8-4-7-23(12-24)29(36)32-17-26(39-27)31-14-20-9-21(15-31)11-22(10-20)16-31/h3-8,12-13,20-22,26H,9-11,14-17H2,1-2H3,(H,32,36)(H,33,34,35). The van der Waals surface area contributed by atoms with Crippen LogP contribution in [0, 0.1) is 37.0 Å². The average molecular weight is 559 g/mol. The van der Waals surface area contributed by atoms with Gasteiger partial charge < -0.3 is 10.1 Å². The molecule has 40 heavy (non-hydrogen) atoms. The number of anilines is 1. The average Bonchev–Trinajstić information content (AvgIpc) is 2.89. The van der Waals surface area contributed by atoms with E-state index < -0.39 is 10.0 Å². The van der Waals surface area contributed by atoms with Crippen LogP contribution < -0.4 is 14.8 Å². The zero-order chi connectivity index (χ0) is 27.6. The first kappa shape index (κ1) is 25.5. The van der Waals surface area contributed by atoms with E-state index in [0.29, 0.717) is 35.9 Å². The maximum Gasteiger partial charge on any atom is 0.264 e. The van der Waals surface area contributed by atoms with E-state index in [1.165, 1.54) is 31.4 Å². The number of benzene rings is 2. The lowest BCUT2D eigenvalue weighted by atomic mass is 9.48. The number of amides is 1. The molecule has 8 nitrogen and oxygen atoms in total. The maximum atomic E-state index is 13.4. The number of hydrogen-bond acceptors (Lipinski definition) is 6. The highest BCUT2D eigenvalue weighted by molar-refractivity contribution is 7.92. The third kappa shape index (κ3) is 4.44. The van der Waals surface area contributed by atoms with Gasteiger partial charge in [-0.05, 0) is 99.5 Å². The number of aryl methyl sites for hydroxylation is 2. The number of hydrogen-bond donors (Lipinski definition) is 2. The molecule has 2 aromatic carbocycles. The number of sulfonamides is 1. The van der Waals surface area contributed by atoms with E-state index in [1.54, 1.807) is 12.1 Å². The maximum absolute atomic E-state index is 13.4. The minimum absolute atomic E-state index is 0.0272. The van der Waals surface area contributed by atoms with Crippen LogP contribution in [0.3, 0.4) is 0 Å². The van der Waals surface area contributed by atoms with E-state index >= 15 is 0 Å². The molecule has 4 aliphatic carbocycles. The van der Waals surface area contributed by atoms with Crippen LogP contribution in [0.5, 0.6) is 5.88 Å². The Bertz CT molecular complexity index is 1560. The largest absolute Gasteiger partial charge is 0.472 e. The van der Waals surface area contributed by atoms with Gasteiger partial charge in [0, 0.05) is 22.6 Å². The number of ether oxygens (including phenoxy) is 1. The molecule has 5 aliphatic rings. The Hall–Kier alpha value is -3.46. The van der Waals surface area contributed by atoms with Gasteiger partial charge in [-0.1, -0.05) is 24.3 Å². The highest BCUT2D eigenvalue weighted by Gasteiger charge is 2.55. The predicted octanol–water partition coefficient (Wildman–Crippen LogP) is 5.27. The fraction of sp³-hybridized carbons (Fsp3) is 0.452. The monoisotopic (exact) mass is 558 g/mol. The van der Waals surface area contributed by atoms with Crippen molar-refractivity contribution in [2.24, 2.45) is 23.2 Å². The molecule has 4 saturated carbocycles. The summed E-state index contributed by atoms with van der Waals surface area (Å²) < 4.78 is 36.1. The Morgan fingerprint density at radius 3 is 2.23 bits per heavy atom. The van der Waals surface area contributed by atoms with E-state index in [9.17, 15) is 13.2 Å². The summed E-state index contributed by atoms with van der Waals surface area (Å²) in [7, 11) is -4.06. The minimum Gasteiger partial charge on any atom is -0.472 e. The number of fused-ring (bicyclic) bond motifs is 4. The summed E-state index contributed by atoms with van der Waals surface area (Å²) in [6.45, 7) is 4.35. The van der Waals surface area contributed by atoms with E-state index in [2.05, 4.69) is 20.0 Å². The van der Waals surface area contributed by atoms with Crippen molar-refractivity contribution < 1.29 is 17.9 Å². The third-order valence-electron chi connectivity index (χ3n) is 9.55. The molecular formula is C31H34N4O4S. The second-order valence-electron chi connectivity index (χ2n) is 12.4. The number of nitrogens with one attached hydrogen (secondary N) is 2. The van der Waals surface area contributed by atoms with Crippen LogP contribution in [0.4, 0.5) is 5.95 Å². The molecule has 208 valence electrons. The lowest BCUT2D eigenvalue weighted by Crippen LogP contribution is -2.56. The zero-order valence-electron chi connectivity index (χ0n) is 22.8. The number of carbonyl (C=O) groups excluding carboxylic acids is 1. The van der Waals surface area contributed by atoms with E-state index in [4.69, 9.17) is 4.74 Å². The first-order valence-electron chi connectivity index (χ1n) is 14.2. The van der Waals surface area contributed by atoms with Crippen LogP contribution in [0.2, 0.25) is 0 Å². The van der Waals surface area contributed by atoms with Crippen molar-refractivity contribution in [3.05, 3.63) is 65.2 Å². The minimum atomic E-state index is -4.06. The Labute approximate surface area is 235 Å². The van der Waals surface area contributed by atoms with Crippen molar-refractivity contribution in [1.29, 1.82) is 0 Å². The van der Waals surface area contributed by atoms with Gasteiger partial charge in [0.15, 0.2) is 0 Å². The van der Waals surface area contributed by atoms with Crippen molar-refractivity contribution >= 4 is 21.9 Å². The fourth-order valence-electron chi connectivity index (χ4n) is 8.25. The Morgan fingerprint density at radius 2 is 1.55 bits per heavy atom. The molecule has 1 unspecified atom stereocenters. The van der Waals surface area contributed by atoms with Gasteiger partial charge >= 0.3 is 0 Å². The Morgan fingerprint density at radius 1 is 0.900 bits per heavy atom. The summed E-state index contributed by atoms with van der Waals surface area (Å²) in [4.78, 5) is 22.5. The molecule has 0 saturated heterocycles. The van der Waals surface area contributed by atoms with Crippen LogP contribution in [0.25, 0.3) is 11.3 Å². The van der Waals surface area contributed by atoms with Gasteiger partial charge in [0.1, 0.15) is 6.10 Å². The molecule has 8 rings (SSSR count). The van der Waals surface area contributed by atoms with Gasteiger partial charge in [0.05, 0.1) is 17.1 Å². The molecule has 2 N–H and O–H groups in total. The molecule has 1 aliphatic heterocycles. The van der Waals surface area contributed by atoms with E-state index in [0.717, 1.165) is 36.0 Å². The van der Waals surface area contributed by atoms with Crippen molar-refractivity contribution in [3.63, 3.8) is 0 Å². The molecule has 4 fully saturated rings. The topological polar surface area (TPSA) is 110 Å². The molecule has 1 amide bonds. The van der Waals surface area contributed by atoms with Gasteiger partial charge in [-0.25, -0.2) is 18.1 Å². The van der Waals surface area contributed by atoms with Crippen LogP contribution in [0.15, 0.2) is 53.4 Å². The first-order chi connectivity index (χ1) is 19.2. The summed E-state index contributed by atoms with van der Waals surface area (Å²) in [6, 6.07) is 13.9. The van der Waals surface area contributed by atoms with Gasteiger partial charge in [0.2, 0.25) is 11.8 Å². The van der Waals surface area contributed by atoms with Crippen molar-refractivity contribution in [2.45, 2.75) is 63.4 Å². The van der Waals surface area contributed by atoms with Crippen LogP contribution >= 0.6 is 0 Å². The normalized spacial score (nSPS) is 30.2. The first-order valence-corrected chi connectivity index (χ1v) is 15.7. The second-order valence-corrected chi connectivity index (χ2v) is 14.1. The highest BCUT2D eigenvalue weighted by Crippen LogP contribution is 2.61. The van der Waals surface area contributed by atoms with Gasteiger partial charge in [-0.3, -0.25) is 4.79 Å². The Balaban J connectivity index is 1.37. The van der Waals surface area contributed by atoms with Crippen LogP contribution in [0.1, 0.15) is 60.0 Å². The van der Waals surface area contributed by atoms with Crippen molar-refractivity contribution in [2.75, 3.05) is 11.3 Å². The highest BCUT2D eigenvalue weighted by atomic mass is 32.2. The molecule has 8 bridgehead atoms. The van der Waals surface area contributed by atoms with Crippen LogP contribution in [-0.2, 0) is 10.0 Å². The smallest absolute Gasteiger partial charge is 0.264 e. The number of rotatable bonds is 2. The lowest BCUT2D eigenvalue weighted by molar-refractivity contribution is -0.110. The molecule has 1 aromatic heterocycles. The Kier molecular flexibility index (Phi) is 5.93. The number of carbonyl (C=O) groups is 1. The predicted molar refractivity (Wildman–Crippen MR) is 152 cm³/mol. The lowest BCUT2D eigenvalue weighted by Gasteiger charge is -2.58. The second kappa shape index (κ2) is 9.29. The van der Waals surface area contributed by atoms with Crippen molar-refractivity contribution in [3.8, 4) is 17.1 Å². The summed E-state index contributed by atoms with van der Waals surface area (Å²) >= 11 is 0. The summed E-state index contributed by atoms with van der Waals surface area (Å²) in [5, 5.41) is 3.08. The zero-order valence-corrected chi connectivity index (χ0v) is 23.6. The van der Waals surface area contributed by atoms with Gasteiger partial charge in [0.25, 0.3) is 15.9 Å². The van der Waals surface area contributed by atoms with Crippen molar-refractivity contribution in [1.82, 2.24) is 15.3 Å². The van der Waals surface area contributed by atoms with Gasteiger partial charge in [-0.15, -0.1) is 0 Å². The molecule has 0 spiro atoms. The SMILES string of the molecule is Cc1cccc(C)c1-c1cc2nc(n1)NS(=O)(=O)c1cccc(c1)C(=O)NCC(C13CC4CC(CC(C4)C1)C3)O2. The molecular weight excluding hydrogens is 524 g/mol. The van der Waals surface area contributed by atoms with E-state index in [-0.39, 0.29) is 33.8 Å². The molecule has 0 radical (unpaired) electrons. The number of aromatic nitrogens is 2. The molecule has 2 heterocycles. The molecule has 9 heteroatoms. The summed E-state index contributed by atoms with van der Waals surface area (Å²) in [6.07, 6.45) is 6.85. The summed E-state index contributed by atoms with van der Waals surface area (Å²) in [5.74, 6) is 2.04. The quantitative estimate of drug-likeness (QED) is 0.444.